The zero-order valence-corrected chi connectivity index (χ0v) is 19.0. The average molecular weight is 454 g/mol. The lowest BCUT2D eigenvalue weighted by Gasteiger charge is -2.28. The van der Waals surface area contributed by atoms with Crippen LogP contribution in [0.25, 0.3) is 0 Å². The summed E-state index contributed by atoms with van der Waals surface area (Å²) in [5.74, 6) is -0.314. The van der Waals surface area contributed by atoms with Crippen LogP contribution in [0.1, 0.15) is 22.6 Å². The van der Waals surface area contributed by atoms with Gasteiger partial charge in [-0.2, -0.15) is 8.42 Å². The second kappa shape index (κ2) is 10.9. The smallest absolute Gasteiger partial charge is 0.306 e. The molecule has 0 unspecified atom stereocenters. The molecule has 0 aromatic heterocycles. The van der Waals surface area contributed by atoms with Gasteiger partial charge in [-0.05, 0) is 28.8 Å². The molecule has 0 bridgehead atoms. The Morgan fingerprint density at radius 1 is 0.906 bits per heavy atom. The minimum atomic E-state index is -3.64. The molecular weight excluding hydrogens is 426 g/mol. The van der Waals surface area contributed by atoms with Crippen molar-refractivity contribution in [3.05, 3.63) is 102 Å². The van der Waals surface area contributed by atoms with Gasteiger partial charge in [0.1, 0.15) is 5.75 Å². The van der Waals surface area contributed by atoms with E-state index in [0.29, 0.717) is 19.7 Å². The Morgan fingerprint density at radius 3 is 2.03 bits per heavy atom. The highest BCUT2D eigenvalue weighted by atomic mass is 32.2. The van der Waals surface area contributed by atoms with Gasteiger partial charge in [0.05, 0.1) is 18.8 Å². The minimum Gasteiger partial charge on any atom is -0.383 e. The van der Waals surface area contributed by atoms with Crippen molar-refractivity contribution in [3.63, 3.8) is 0 Å². The molecule has 0 saturated heterocycles. The summed E-state index contributed by atoms with van der Waals surface area (Å²) in [5, 5.41) is 0. The molecule has 32 heavy (non-hydrogen) atoms. The van der Waals surface area contributed by atoms with Crippen LogP contribution in [0, 0.1) is 0 Å². The van der Waals surface area contributed by atoms with Crippen molar-refractivity contribution >= 4 is 16.0 Å². The van der Waals surface area contributed by atoms with E-state index in [9.17, 15) is 13.2 Å². The molecule has 0 radical (unpaired) electrons. The van der Waals surface area contributed by atoms with Crippen LogP contribution >= 0.6 is 0 Å². The van der Waals surface area contributed by atoms with E-state index in [2.05, 4.69) is 0 Å². The summed E-state index contributed by atoms with van der Waals surface area (Å²) in [6.07, 6.45) is 0.998. The Kier molecular flexibility index (Phi) is 8.03. The normalized spacial score (nSPS) is 11.3. The van der Waals surface area contributed by atoms with Crippen molar-refractivity contribution in [1.29, 1.82) is 0 Å². The second-order valence-corrected chi connectivity index (χ2v) is 9.02. The number of rotatable bonds is 10. The van der Waals surface area contributed by atoms with Gasteiger partial charge in [-0.3, -0.25) is 4.79 Å². The van der Waals surface area contributed by atoms with Crippen LogP contribution < -0.4 is 4.18 Å². The van der Waals surface area contributed by atoms with E-state index < -0.39 is 16.0 Å². The Labute approximate surface area is 189 Å². The number of nitrogens with zero attached hydrogens (tertiary/aromatic N) is 1. The van der Waals surface area contributed by atoms with Gasteiger partial charge >= 0.3 is 10.1 Å². The fourth-order valence-electron chi connectivity index (χ4n) is 3.51. The van der Waals surface area contributed by atoms with Crippen molar-refractivity contribution in [2.75, 3.05) is 26.5 Å². The number of carbonyl (C=O) groups excluding carboxylic acids is 1. The van der Waals surface area contributed by atoms with E-state index in [0.717, 1.165) is 22.9 Å². The number of ether oxygens (including phenoxy) is 1. The molecule has 0 spiro atoms. The third-order valence-electron chi connectivity index (χ3n) is 4.91. The van der Waals surface area contributed by atoms with Crippen LogP contribution in [-0.4, -0.2) is 45.7 Å². The largest absolute Gasteiger partial charge is 0.383 e. The molecular formula is C25H27NO5S. The number of hydrogen-bond acceptors (Lipinski definition) is 5. The molecule has 0 N–H and O–H groups in total. The predicted molar refractivity (Wildman–Crippen MR) is 124 cm³/mol. The molecule has 3 aromatic carbocycles. The van der Waals surface area contributed by atoms with E-state index in [1.807, 2.05) is 66.7 Å². The lowest BCUT2D eigenvalue weighted by molar-refractivity contribution is -0.133. The van der Waals surface area contributed by atoms with Crippen LogP contribution in [0.2, 0.25) is 0 Å². The number of methoxy groups -OCH3 is 1. The van der Waals surface area contributed by atoms with Crippen molar-refractivity contribution in [1.82, 2.24) is 4.90 Å². The maximum Gasteiger partial charge on any atom is 0.306 e. The Bertz CT molecular complexity index is 1080. The van der Waals surface area contributed by atoms with Crippen LogP contribution in [0.15, 0.2) is 84.9 Å². The van der Waals surface area contributed by atoms with Gasteiger partial charge in [0.25, 0.3) is 0 Å². The SMILES string of the molecule is COCCN(Cc1cccc(OS(C)(=O)=O)c1)C(=O)C(c1ccccc1)c1ccccc1. The van der Waals surface area contributed by atoms with Crippen molar-refractivity contribution in [3.8, 4) is 5.75 Å². The van der Waals surface area contributed by atoms with Crippen LogP contribution in [0.4, 0.5) is 0 Å². The molecule has 0 atom stereocenters. The summed E-state index contributed by atoms with van der Waals surface area (Å²) in [7, 11) is -2.05. The third-order valence-corrected chi connectivity index (χ3v) is 5.40. The fourth-order valence-corrected chi connectivity index (χ4v) is 3.96. The summed E-state index contributed by atoms with van der Waals surface area (Å²) in [6, 6.07) is 26.1. The first-order valence-corrected chi connectivity index (χ1v) is 12.0. The molecule has 168 valence electrons. The van der Waals surface area contributed by atoms with E-state index in [4.69, 9.17) is 8.92 Å². The Balaban J connectivity index is 1.93. The van der Waals surface area contributed by atoms with Crippen molar-refractivity contribution in [2.24, 2.45) is 0 Å². The Morgan fingerprint density at radius 2 is 1.50 bits per heavy atom. The van der Waals surface area contributed by atoms with Gasteiger partial charge in [-0.25, -0.2) is 0 Å². The predicted octanol–water partition coefficient (Wildman–Crippen LogP) is 3.83. The minimum absolute atomic E-state index is 0.0612. The van der Waals surface area contributed by atoms with Crippen LogP contribution in [0.3, 0.4) is 0 Å². The third kappa shape index (κ3) is 6.67. The molecule has 7 heteroatoms. The highest BCUT2D eigenvalue weighted by Gasteiger charge is 2.27. The molecule has 1 amide bonds. The molecule has 6 nitrogen and oxygen atoms in total. The maximum atomic E-state index is 13.8. The fraction of sp³-hybridized carbons (Fsp3) is 0.240. The summed E-state index contributed by atoms with van der Waals surface area (Å²) in [5.41, 5.74) is 2.57. The summed E-state index contributed by atoms with van der Waals surface area (Å²) in [4.78, 5) is 15.5. The molecule has 0 fully saturated rings. The van der Waals surface area contributed by atoms with E-state index in [1.165, 1.54) is 0 Å². The zero-order chi connectivity index (χ0) is 23.0. The molecule has 0 saturated carbocycles. The molecule has 0 aliphatic carbocycles. The van der Waals surface area contributed by atoms with E-state index in [1.54, 1.807) is 30.2 Å². The lowest BCUT2D eigenvalue weighted by Crippen LogP contribution is -2.37. The zero-order valence-electron chi connectivity index (χ0n) is 18.2. The number of carbonyl (C=O) groups is 1. The van der Waals surface area contributed by atoms with Gasteiger partial charge in [-0.1, -0.05) is 72.8 Å². The van der Waals surface area contributed by atoms with Gasteiger partial charge < -0.3 is 13.8 Å². The maximum absolute atomic E-state index is 13.8. The molecule has 0 aliphatic heterocycles. The van der Waals surface area contributed by atoms with Gasteiger partial charge in [0, 0.05) is 20.2 Å². The summed E-state index contributed by atoms with van der Waals surface area (Å²) < 4.78 is 33.2. The summed E-state index contributed by atoms with van der Waals surface area (Å²) >= 11 is 0. The highest BCUT2D eigenvalue weighted by Crippen LogP contribution is 2.28. The topological polar surface area (TPSA) is 72.9 Å². The van der Waals surface area contributed by atoms with E-state index >= 15 is 0 Å². The first-order valence-electron chi connectivity index (χ1n) is 10.2. The first kappa shape index (κ1) is 23.5. The monoisotopic (exact) mass is 453 g/mol. The molecule has 3 rings (SSSR count). The molecule has 0 heterocycles. The van der Waals surface area contributed by atoms with Gasteiger partial charge in [0.15, 0.2) is 0 Å². The van der Waals surface area contributed by atoms with Crippen LogP contribution in [0.5, 0.6) is 5.75 Å². The quantitative estimate of drug-likeness (QED) is 0.436. The molecule has 3 aromatic rings. The number of benzene rings is 3. The first-order chi connectivity index (χ1) is 15.4. The standard InChI is InChI=1S/C25H27NO5S/c1-30-17-16-26(19-20-10-9-15-23(18-20)31-32(2,28)29)25(27)24(21-11-5-3-6-12-21)22-13-7-4-8-14-22/h3-15,18,24H,16-17,19H2,1-2H3. The Hall–Kier alpha value is -3.16. The van der Waals surface area contributed by atoms with Crippen LogP contribution in [-0.2, 0) is 26.2 Å². The second-order valence-electron chi connectivity index (χ2n) is 7.44. The van der Waals surface area contributed by atoms with Crippen molar-refractivity contribution in [2.45, 2.75) is 12.5 Å². The van der Waals surface area contributed by atoms with E-state index in [-0.39, 0.29) is 11.7 Å². The number of hydrogen-bond donors (Lipinski definition) is 0. The average Bonchev–Trinajstić information content (AvgIpc) is 2.77. The molecule has 0 aliphatic rings. The summed E-state index contributed by atoms with van der Waals surface area (Å²) in [6.45, 7) is 1.06. The number of amides is 1. The van der Waals surface area contributed by atoms with Crippen molar-refractivity contribution < 1.29 is 22.1 Å². The highest BCUT2D eigenvalue weighted by molar-refractivity contribution is 7.86. The van der Waals surface area contributed by atoms with Gasteiger partial charge in [0.2, 0.25) is 5.91 Å². The lowest BCUT2D eigenvalue weighted by atomic mass is 9.90. The van der Waals surface area contributed by atoms with Gasteiger partial charge in [-0.15, -0.1) is 0 Å².